The van der Waals surface area contributed by atoms with Crippen molar-refractivity contribution in [3.05, 3.63) is 40.6 Å². The second kappa shape index (κ2) is 5.58. The Kier molecular flexibility index (Phi) is 3.64. The van der Waals surface area contributed by atoms with Gasteiger partial charge in [0.2, 0.25) is 12.5 Å². The highest BCUT2D eigenvalue weighted by atomic mass is 79.9. The molecular weight excluding hydrogens is 324 g/mol. The van der Waals surface area contributed by atoms with Crippen LogP contribution in [-0.2, 0) is 6.54 Å². The Hall–Kier alpha value is -1.95. The standard InChI is InChI=1S/C14H13BrN2O3/c1-18-11-4-9(5-12-14(11)20-8-19-12)6-16-10-2-3-13(15)17-7-10/h2-5,7,16H,6,8H2,1H3. The van der Waals surface area contributed by atoms with Gasteiger partial charge in [0.15, 0.2) is 11.5 Å². The van der Waals surface area contributed by atoms with Crippen molar-refractivity contribution in [3.63, 3.8) is 0 Å². The number of nitrogens with zero attached hydrogens (tertiary/aromatic N) is 1. The monoisotopic (exact) mass is 336 g/mol. The van der Waals surface area contributed by atoms with E-state index in [0.717, 1.165) is 21.6 Å². The molecule has 1 aromatic carbocycles. The van der Waals surface area contributed by atoms with E-state index in [1.165, 1.54) is 0 Å². The SMILES string of the molecule is COc1cc(CNc2ccc(Br)nc2)cc2c1OCO2. The summed E-state index contributed by atoms with van der Waals surface area (Å²) in [5.74, 6) is 2.07. The first-order chi connectivity index (χ1) is 9.76. The maximum atomic E-state index is 5.40. The van der Waals surface area contributed by atoms with E-state index in [9.17, 15) is 0 Å². The van der Waals surface area contributed by atoms with Crippen LogP contribution in [0, 0.1) is 0 Å². The number of ether oxygens (including phenoxy) is 3. The number of nitrogens with one attached hydrogen (secondary N) is 1. The number of halogens is 1. The van der Waals surface area contributed by atoms with E-state index in [4.69, 9.17) is 14.2 Å². The van der Waals surface area contributed by atoms with Crippen LogP contribution in [0.1, 0.15) is 5.56 Å². The molecule has 0 saturated carbocycles. The summed E-state index contributed by atoms with van der Waals surface area (Å²) in [6, 6.07) is 7.74. The first kappa shape index (κ1) is 13.1. The van der Waals surface area contributed by atoms with Gasteiger partial charge in [-0.25, -0.2) is 4.98 Å². The maximum Gasteiger partial charge on any atom is 0.231 e. The summed E-state index contributed by atoms with van der Waals surface area (Å²) in [6.45, 7) is 0.884. The summed E-state index contributed by atoms with van der Waals surface area (Å²) in [4.78, 5) is 4.17. The van der Waals surface area contributed by atoms with Crippen molar-refractivity contribution in [2.45, 2.75) is 6.54 Å². The lowest BCUT2D eigenvalue weighted by molar-refractivity contribution is 0.171. The summed E-state index contributed by atoms with van der Waals surface area (Å²) in [5, 5.41) is 3.30. The lowest BCUT2D eigenvalue weighted by atomic mass is 10.2. The predicted molar refractivity (Wildman–Crippen MR) is 78.4 cm³/mol. The summed E-state index contributed by atoms with van der Waals surface area (Å²) < 4.78 is 16.9. The van der Waals surface area contributed by atoms with Gasteiger partial charge in [-0.2, -0.15) is 0 Å². The van der Waals surface area contributed by atoms with Crippen LogP contribution >= 0.6 is 15.9 Å². The van der Waals surface area contributed by atoms with Crippen molar-refractivity contribution >= 4 is 21.6 Å². The van der Waals surface area contributed by atoms with E-state index in [1.54, 1.807) is 13.3 Å². The first-order valence-electron chi connectivity index (χ1n) is 6.08. The summed E-state index contributed by atoms with van der Waals surface area (Å²) in [5.41, 5.74) is 2.00. The molecular formula is C14H13BrN2O3. The minimum atomic E-state index is 0.235. The largest absolute Gasteiger partial charge is 0.493 e. The molecule has 0 spiro atoms. The van der Waals surface area contributed by atoms with Gasteiger partial charge in [-0.3, -0.25) is 0 Å². The number of anilines is 1. The van der Waals surface area contributed by atoms with Gasteiger partial charge >= 0.3 is 0 Å². The Morgan fingerprint density at radius 3 is 3.00 bits per heavy atom. The van der Waals surface area contributed by atoms with Crippen molar-refractivity contribution in [1.29, 1.82) is 0 Å². The van der Waals surface area contributed by atoms with Crippen molar-refractivity contribution in [2.75, 3.05) is 19.2 Å². The minimum absolute atomic E-state index is 0.235. The molecule has 0 saturated heterocycles. The van der Waals surface area contributed by atoms with E-state index >= 15 is 0 Å². The van der Waals surface area contributed by atoms with Gasteiger partial charge in [0.1, 0.15) is 4.60 Å². The molecule has 1 N–H and O–H groups in total. The van der Waals surface area contributed by atoms with Crippen molar-refractivity contribution < 1.29 is 14.2 Å². The quantitative estimate of drug-likeness (QED) is 0.869. The molecule has 104 valence electrons. The average molecular weight is 337 g/mol. The zero-order valence-corrected chi connectivity index (χ0v) is 12.4. The van der Waals surface area contributed by atoms with Gasteiger partial charge in [-0.1, -0.05) is 0 Å². The predicted octanol–water partition coefficient (Wildman–Crippen LogP) is 3.19. The minimum Gasteiger partial charge on any atom is -0.493 e. The van der Waals surface area contributed by atoms with E-state index < -0.39 is 0 Å². The van der Waals surface area contributed by atoms with Crippen molar-refractivity contribution in [2.24, 2.45) is 0 Å². The Morgan fingerprint density at radius 1 is 1.35 bits per heavy atom. The molecule has 3 rings (SSSR count). The average Bonchev–Trinajstić information content (AvgIpc) is 2.94. The Bertz CT molecular complexity index is 617. The van der Waals surface area contributed by atoms with E-state index in [0.29, 0.717) is 18.0 Å². The first-order valence-corrected chi connectivity index (χ1v) is 6.87. The number of methoxy groups -OCH3 is 1. The van der Waals surface area contributed by atoms with Crippen molar-refractivity contribution in [3.8, 4) is 17.2 Å². The smallest absolute Gasteiger partial charge is 0.231 e. The van der Waals surface area contributed by atoms with Crippen LogP contribution in [0.25, 0.3) is 0 Å². The third kappa shape index (κ3) is 2.65. The van der Waals surface area contributed by atoms with Gasteiger partial charge in [0.05, 0.1) is 19.0 Å². The molecule has 0 atom stereocenters. The molecule has 0 aliphatic carbocycles. The fraction of sp³-hybridized carbons (Fsp3) is 0.214. The van der Waals surface area contributed by atoms with Gasteiger partial charge in [0.25, 0.3) is 0 Å². The second-order valence-electron chi connectivity index (χ2n) is 4.26. The zero-order valence-electron chi connectivity index (χ0n) is 10.9. The number of benzene rings is 1. The summed E-state index contributed by atoms with van der Waals surface area (Å²) >= 11 is 3.31. The number of fused-ring (bicyclic) bond motifs is 1. The van der Waals surface area contributed by atoms with Gasteiger partial charge < -0.3 is 19.5 Å². The maximum absolute atomic E-state index is 5.40. The molecule has 5 nitrogen and oxygen atoms in total. The molecule has 6 heteroatoms. The molecule has 1 aliphatic rings. The fourth-order valence-corrected chi connectivity index (χ4v) is 2.21. The normalized spacial score (nSPS) is 12.3. The number of rotatable bonds is 4. The molecule has 0 bridgehead atoms. The highest BCUT2D eigenvalue weighted by molar-refractivity contribution is 9.10. The van der Waals surface area contributed by atoms with Crippen LogP contribution in [0.5, 0.6) is 17.2 Å². The zero-order chi connectivity index (χ0) is 13.9. The number of pyridine rings is 1. The molecule has 2 heterocycles. The third-order valence-corrected chi connectivity index (χ3v) is 3.41. The molecule has 0 radical (unpaired) electrons. The van der Waals surface area contributed by atoms with Crippen LogP contribution in [-0.4, -0.2) is 18.9 Å². The third-order valence-electron chi connectivity index (χ3n) is 2.94. The van der Waals surface area contributed by atoms with Crippen LogP contribution in [0.4, 0.5) is 5.69 Å². The van der Waals surface area contributed by atoms with E-state index in [1.807, 2.05) is 24.3 Å². The molecule has 20 heavy (non-hydrogen) atoms. The Morgan fingerprint density at radius 2 is 2.25 bits per heavy atom. The molecule has 1 aromatic heterocycles. The molecule has 0 fully saturated rings. The molecule has 1 aliphatic heterocycles. The molecule has 0 amide bonds. The van der Waals surface area contributed by atoms with Gasteiger partial charge in [0, 0.05) is 6.54 Å². The fourth-order valence-electron chi connectivity index (χ4n) is 1.97. The molecule has 0 unspecified atom stereocenters. The molecule has 2 aromatic rings. The highest BCUT2D eigenvalue weighted by Crippen LogP contribution is 2.41. The lowest BCUT2D eigenvalue weighted by Gasteiger charge is -2.10. The van der Waals surface area contributed by atoms with Crippen LogP contribution in [0.3, 0.4) is 0 Å². The van der Waals surface area contributed by atoms with Crippen molar-refractivity contribution in [1.82, 2.24) is 4.98 Å². The lowest BCUT2D eigenvalue weighted by Crippen LogP contribution is -2.00. The summed E-state index contributed by atoms with van der Waals surface area (Å²) in [6.07, 6.45) is 1.77. The highest BCUT2D eigenvalue weighted by Gasteiger charge is 2.19. The number of hydrogen-bond donors (Lipinski definition) is 1. The van der Waals surface area contributed by atoms with E-state index in [2.05, 4.69) is 26.2 Å². The Balaban J connectivity index is 1.76. The summed E-state index contributed by atoms with van der Waals surface area (Å²) in [7, 11) is 1.62. The van der Waals surface area contributed by atoms with Gasteiger partial charge in [-0.15, -0.1) is 0 Å². The number of aromatic nitrogens is 1. The second-order valence-corrected chi connectivity index (χ2v) is 5.07. The van der Waals surface area contributed by atoms with E-state index in [-0.39, 0.29) is 6.79 Å². The van der Waals surface area contributed by atoms with Crippen LogP contribution < -0.4 is 19.5 Å². The van der Waals surface area contributed by atoms with Crippen LogP contribution in [0.15, 0.2) is 35.1 Å². The Labute approximate surface area is 125 Å². The van der Waals surface area contributed by atoms with Gasteiger partial charge in [-0.05, 0) is 45.8 Å². The topological polar surface area (TPSA) is 52.6 Å². The van der Waals surface area contributed by atoms with Crippen LogP contribution in [0.2, 0.25) is 0 Å². The number of hydrogen-bond acceptors (Lipinski definition) is 5.